The van der Waals surface area contributed by atoms with E-state index in [1.165, 1.54) is 24.0 Å². The Morgan fingerprint density at radius 2 is 1.41 bits per heavy atom. The molecule has 0 amide bonds. The standard InChI is InChI=1S/C24H31NO2/c1-16(2)25(18-9-7-17(8-10-18)22(26)27)19-11-12-20-21(15-19)24(5,6)14-13-23(20,3)4/h7-12,15-16H,13-14H2,1-6H3,(H,26,27). The minimum Gasteiger partial charge on any atom is -0.478 e. The maximum Gasteiger partial charge on any atom is 0.335 e. The number of fused-ring (bicyclic) bond motifs is 1. The maximum absolute atomic E-state index is 11.2. The van der Waals surface area contributed by atoms with Crippen molar-refractivity contribution in [2.75, 3.05) is 4.90 Å². The molecule has 27 heavy (non-hydrogen) atoms. The smallest absolute Gasteiger partial charge is 0.335 e. The van der Waals surface area contributed by atoms with E-state index in [4.69, 9.17) is 5.11 Å². The number of aromatic carboxylic acids is 1. The second-order valence-corrected chi connectivity index (χ2v) is 9.31. The van der Waals surface area contributed by atoms with Gasteiger partial charge in [-0.3, -0.25) is 0 Å². The zero-order valence-electron chi connectivity index (χ0n) is 17.3. The number of nitrogens with zero attached hydrogens (tertiary/aromatic N) is 1. The SMILES string of the molecule is CC(C)N(c1ccc(C(=O)O)cc1)c1ccc2c(c1)C(C)(C)CCC2(C)C. The van der Waals surface area contributed by atoms with E-state index in [2.05, 4.69) is 64.6 Å². The van der Waals surface area contributed by atoms with Crippen LogP contribution < -0.4 is 4.90 Å². The molecule has 144 valence electrons. The third-order valence-corrected chi connectivity index (χ3v) is 6.02. The van der Waals surface area contributed by atoms with E-state index in [9.17, 15) is 4.79 Å². The van der Waals surface area contributed by atoms with Gasteiger partial charge in [-0.05, 0) is 85.0 Å². The van der Waals surface area contributed by atoms with Gasteiger partial charge < -0.3 is 10.0 Å². The Morgan fingerprint density at radius 3 is 1.93 bits per heavy atom. The molecule has 0 heterocycles. The lowest BCUT2D eigenvalue weighted by atomic mass is 9.63. The van der Waals surface area contributed by atoms with Crippen LogP contribution in [0.2, 0.25) is 0 Å². The summed E-state index contributed by atoms with van der Waals surface area (Å²) in [6.45, 7) is 13.7. The molecule has 0 saturated heterocycles. The van der Waals surface area contributed by atoms with Crippen LogP contribution in [0.3, 0.4) is 0 Å². The molecule has 3 nitrogen and oxygen atoms in total. The van der Waals surface area contributed by atoms with Gasteiger partial charge in [0.05, 0.1) is 5.56 Å². The largest absolute Gasteiger partial charge is 0.478 e. The number of rotatable bonds is 4. The number of benzene rings is 2. The van der Waals surface area contributed by atoms with Gasteiger partial charge in [-0.25, -0.2) is 4.79 Å². The van der Waals surface area contributed by atoms with E-state index >= 15 is 0 Å². The summed E-state index contributed by atoms with van der Waals surface area (Å²) in [5.74, 6) is -0.893. The van der Waals surface area contributed by atoms with Gasteiger partial charge in [-0.15, -0.1) is 0 Å². The van der Waals surface area contributed by atoms with Crippen molar-refractivity contribution in [2.45, 2.75) is 71.3 Å². The molecule has 0 aliphatic heterocycles. The quantitative estimate of drug-likeness (QED) is 0.693. The van der Waals surface area contributed by atoms with Crippen LogP contribution >= 0.6 is 0 Å². The monoisotopic (exact) mass is 365 g/mol. The van der Waals surface area contributed by atoms with E-state index in [-0.39, 0.29) is 16.9 Å². The predicted molar refractivity (Wildman–Crippen MR) is 112 cm³/mol. The van der Waals surface area contributed by atoms with Gasteiger partial charge in [0, 0.05) is 17.4 Å². The Hall–Kier alpha value is -2.29. The Balaban J connectivity index is 2.08. The van der Waals surface area contributed by atoms with Crippen molar-refractivity contribution in [1.82, 2.24) is 0 Å². The van der Waals surface area contributed by atoms with Crippen molar-refractivity contribution in [3.05, 3.63) is 59.2 Å². The molecule has 0 saturated carbocycles. The Morgan fingerprint density at radius 1 is 0.889 bits per heavy atom. The zero-order valence-corrected chi connectivity index (χ0v) is 17.3. The van der Waals surface area contributed by atoms with E-state index in [1.54, 1.807) is 12.1 Å². The van der Waals surface area contributed by atoms with Crippen molar-refractivity contribution in [3.63, 3.8) is 0 Å². The van der Waals surface area contributed by atoms with Gasteiger partial charge in [-0.2, -0.15) is 0 Å². The first-order chi connectivity index (χ1) is 12.5. The normalized spacial score (nSPS) is 17.4. The van der Waals surface area contributed by atoms with Crippen LogP contribution in [0, 0.1) is 0 Å². The summed E-state index contributed by atoms with van der Waals surface area (Å²) in [6.07, 6.45) is 2.39. The first-order valence-corrected chi connectivity index (χ1v) is 9.80. The molecule has 3 heteroatoms. The summed E-state index contributed by atoms with van der Waals surface area (Å²) in [4.78, 5) is 13.4. The van der Waals surface area contributed by atoms with E-state index in [0.717, 1.165) is 11.4 Å². The van der Waals surface area contributed by atoms with Crippen molar-refractivity contribution < 1.29 is 9.90 Å². The van der Waals surface area contributed by atoms with Crippen LogP contribution in [-0.2, 0) is 10.8 Å². The number of carbonyl (C=O) groups is 1. The average Bonchev–Trinajstić information content (AvgIpc) is 2.59. The average molecular weight is 366 g/mol. The fourth-order valence-corrected chi connectivity index (χ4v) is 4.24. The molecular weight excluding hydrogens is 334 g/mol. The predicted octanol–water partition coefficient (Wildman–Crippen LogP) is 6.28. The van der Waals surface area contributed by atoms with Gasteiger partial charge in [0.2, 0.25) is 0 Å². The molecule has 0 spiro atoms. The molecule has 1 N–H and O–H groups in total. The molecule has 0 aromatic heterocycles. The first kappa shape index (κ1) is 19.5. The Kier molecular flexibility index (Phi) is 4.83. The fourth-order valence-electron chi connectivity index (χ4n) is 4.24. The molecular formula is C24H31NO2. The van der Waals surface area contributed by atoms with Gasteiger partial charge in [0.15, 0.2) is 0 Å². The van der Waals surface area contributed by atoms with Crippen LogP contribution in [0.25, 0.3) is 0 Å². The van der Waals surface area contributed by atoms with Crippen molar-refractivity contribution in [2.24, 2.45) is 0 Å². The number of carboxylic acid groups (broad SMARTS) is 1. The Labute approximate surface area is 163 Å². The van der Waals surface area contributed by atoms with E-state index in [1.807, 2.05) is 12.1 Å². The molecule has 0 unspecified atom stereocenters. The molecule has 0 fully saturated rings. The van der Waals surface area contributed by atoms with Crippen LogP contribution in [0.4, 0.5) is 11.4 Å². The summed E-state index contributed by atoms with van der Waals surface area (Å²) < 4.78 is 0. The first-order valence-electron chi connectivity index (χ1n) is 9.80. The van der Waals surface area contributed by atoms with Gasteiger partial charge in [-0.1, -0.05) is 33.8 Å². The summed E-state index contributed by atoms with van der Waals surface area (Å²) in [6, 6.07) is 14.3. The molecule has 3 rings (SSSR count). The Bertz CT molecular complexity index is 847. The minimum atomic E-state index is -0.893. The van der Waals surface area contributed by atoms with Gasteiger partial charge in [0.1, 0.15) is 0 Å². The minimum absolute atomic E-state index is 0.163. The topological polar surface area (TPSA) is 40.5 Å². The van der Waals surface area contributed by atoms with Crippen molar-refractivity contribution in [1.29, 1.82) is 0 Å². The highest BCUT2D eigenvalue weighted by atomic mass is 16.4. The zero-order chi connectivity index (χ0) is 20.0. The molecule has 1 aliphatic carbocycles. The van der Waals surface area contributed by atoms with Crippen LogP contribution in [0.15, 0.2) is 42.5 Å². The molecule has 0 radical (unpaired) electrons. The lowest BCUT2D eigenvalue weighted by Gasteiger charge is -2.42. The lowest BCUT2D eigenvalue weighted by molar-refractivity contribution is 0.0697. The van der Waals surface area contributed by atoms with Crippen LogP contribution in [0.1, 0.15) is 75.9 Å². The molecule has 1 aliphatic rings. The van der Waals surface area contributed by atoms with E-state index in [0.29, 0.717) is 5.56 Å². The molecule has 2 aromatic rings. The highest BCUT2D eigenvalue weighted by Crippen LogP contribution is 2.47. The van der Waals surface area contributed by atoms with Gasteiger partial charge >= 0.3 is 5.97 Å². The summed E-state index contributed by atoms with van der Waals surface area (Å²) in [5.41, 5.74) is 5.75. The third-order valence-electron chi connectivity index (χ3n) is 6.02. The van der Waals surface area contributed by atoms with E-state index < -0.39 is 5.97 Å². The fraction of sp³-hybridized carbons (Fsp3) is 0.458. The number of anilines is 2. The highest BCUT2D eigenvalue weighted by Gasteiger charge is 2.37. The van der Waals surface area contributed by atoms with Crippen LogP contribution in [0.5, 0.6) is 0 Å². The summed E-state index contributed by atoms with van der Waals surface area (Å²) >= 11 is 0. The van der Waals surface area contributed by atoms with Crippen molar-refractivity contribution >= 4 is 17.3 Å². The van der Waals surface area contributed by atoms with Crippen LogP contribution in [-0.4, -0.2) is 17.1 Å². The molecule has 0 atom stereocenters. The molecule has 0 bridgehead atoms. The second-order valence-electron chi connectivity index (χ2n) is 9.31. The van der Waals surface area contributed by atoms with Crippen molar-refractivity contribution in [3.8, 4) is 0 Å². The molecule has 2 aromatic carbocycles. The number of carboxylic acids is 1. The highest BCUT2D eigenvalue weighted by molar-refractivity contribution is 5.88. The number of hydrogen-bond donors (Lipinski definition) is 1. The number of hydrogen-bond acceptors (Lipinski definition) is 2. The lowest BCUT2D eigenvalue weighted by Crippen LogP contribution is -2.34. The maximum atomic E-state index is 11.2. The summed E-state index contributed by atoms with van der Waals surface area (Å²) in [5, 5.41) is 9.17. The second kappa shape index (κ2) is 6.70. The third kappa shape index (κ3) is 3.60. The van der Waals surface area contributed by atoms with Gasteiger partial charge in [0.25, 0.3) is 0 Å². The summed E-state index contributed by atoms with van der Waals surface area (Å²) in [7, 11) is 0.